The van der Waals surface area contributed by atoms with Gasteiger partial charge in [-0.15, -0.1) is 11.3 Å². The minimum Gasteiger partial charge on any atom is -0.368 e. The third-order valence-electron chi connectivity index (χ3n) is 4.35. The molecular formula is C15H19N5O4S2. The van der Waals surface area contributed by atoms with E-state index in [2.05, 4.69) is 9.88 Å². The summed E-state index contributed by atoms with van der Waals surface area (Å²) in [5.74, 6) is 0. The average Bonchev–Trinajstić information content (AvgIpc) is 2.93. The third kappa shape index (κ3) is 3.79. The molecule has 9 nitrogen and oxygen atoms in total. The van der Waals surface area contributed by atoms with E-state index in [0.717, 1.165) is 16.9 Å². The van der Waals surface area contributed by atoms with Crippen molar-refractivity contribution in [3.05, 3.63) is 38.9 Å². The molecule has 3 rings (SSSR count). The molecule has 0 unspecified atom stereocenters. The Labute approximate surface area is 155 Å². The number of hydrogen-bond acceptors (Lipinski definition) is 8. The zero-order chi connectivity index (χ0) is 19.1. The Hall–Kier alpha value is -2.24. The Morgan fingerprint density at radius 2 is 1.77 bits per heavy atom. The molecule has 0 atom stereocenters. The number of piperazine rings is 1. The van der Waals surface area contributed by atoms with E-state index < -0.39 is 14.9 Å². The SMILES string of the molecule is Cc1nc(N2CCN(c3cc([N+](=O)[O-])cc(S(N)(=O)=O)c3)CC2)sc1C. The smallest absolute Gasteiger partial charge is 0.272 e. The predicted molar refractivity (Wildman–Crippen MR) is 100 cm³/mol. The highest BCUT2D eigenvalue weighted by Gasteiger charge is 2.23. The molecule has 140 valence electrons. The van der Waals surface area contributed by atoms with Gasteiger partial charge < -0.3 is 9.80 Å². The van der Waals surface area contributed by atoms with Crippen molar-refractivity contribution >= 4 is 37.9 Å². The number of anilines is 2. The summed E-state index contributed by atoms with van der Waals surface area (Å²) in [5.41, 5.74) is 1.21. The van der Waals surface area contributed by atoms with Crippen LogP contribution < -0.4 is 14.9 Å². The molecule has 0 saturated carbocycles. The highest BCUT2D eigenvalue weighted by atomic mass is 32.2. The maximum absolute atomic E-state index is 11.6. The van der Waals surface area contributed by atoms with Crippen molar-refractivity contribution < 1.29 is 13.3 Å². The van der Waals surface area contributed by atoms with Crippen molar-refractivity contribution in [2.24, 2.45) is 5.14 Å². The lowest BCUT2D eigenvalue weighted by Gasteiger charge is -2.36. The summed E-state index contributed by atoms with van der Waals surface area (Å²) in [6, 6.07) is 3.74. The Balaban J connectivity index is 1.82. The fourth-order valence-corrected chi connectivity index (χ4v) is 4.30. The fraction of sp³-hybridized carbons (Fsp3) is 0.400. The highest BCUT2D eigenvalue weighted by Crippen LogP contribution is 2.29. The van der Waals surface area contributed by atoms with Crippen LogP contribution in [0.3, 0.4) is 0 Å². The van der Waals surface area contributed by atoms with Gasteiger partial charge in [-0.05, 0) is 19.9 Å². The summed E-state index contributed by atoms with van der Waals surface area (Å²) in [6.45, 7) is 6.60. The Kier molecular flexibility index (Phi) is 4.86. The number of nitro benzene ring substituents is 1. The molecule has 0 spiro atoms. The second kappa shape index (κ2) is 6.82. The summed E-state index contributed by atoms with van der Waals surface area (Å²) in [7, 11) is -4.03. The summed E-state index contributed by atoms with van der Waals surface area (Å²) in [5, 5.41) is 17.2. The van der Waals surface area contributed by atoms with Crippen molar-refractivity contribution in [2.45, 2.75) is 18.7 Å². The maximum atomic E-state index is 11.6. The first-order chi connectivity index (χ1) is 12.1. The standard InChI is InChI=1S/C15H19N5O4S2/c1-10-11(2)25-15(17-10)19-5-3-18(4-6-19)12-7-13(20(21)22)9-14(8-12)26(16,23)24/h7-9H,3-6H2,1-2H3,(H2,16,23,24). The molecule has 26 heavy (non-hydrogen) atoms. The quantitative estimate of drug-likeness (QED) is 0.614. The second-order valence-corrected chi connectivity index (χ2v) is 8.84. The van der Waals surface area contributed by atoms with Crippen LogP contribution in [0.4, 0.5) is 16.5 Å². The Bertz CT molecular complexity index is 929. The number of nitrogens with two attached hydrogens (primary N) is 1. The molecule has 1 aromatic heterocycles. The molecule has 0 radical (unpaired) electrons. The van der Waals surface area contributed by atoms with Gasteiger partial charge in [-0.25, -0.2) is 18.5 Å². The van der Waals surface area contributed by atoms with Crippen LogP contribution in [0.15, 0.2) is 23.1 Å². The summed E-state index contributed by atoms with van der Waals surface area (Å²) in [6.07, 6.45) is 0. The van der Waals surface area contributed by atoms with Gasteiger partial charge in [0.15, 0.2) is 5.13 Å². The van der Waals surface area contributed by atoms with E-state index in [9.17, 15) is 18.5 Å². The molecule has 2 N–H and O–H groups in total. The summed E-state index contributed by atoms with van der Waals surface area (Å²) < 4.78 is 23.3. The number of nitro groups is 1. The van der Waals surface area contributed by atoms with E-state index in [1.807, 2.05) is 18.7 Å². The lowest BCUT2D eigenvalue weighted by Crippen LogP contribution is -2.46. The molecule has 1 aliphatic heterocycles. The van der Waals surface area contributed by atoms with Crippen LogP contribution in [0.5, 0.6) is 0 Å². The Morgan fingerprint density at radius 3 is 2.27 bits per heavy atom. The largest absolute Gasteiger partial charge is 0.368 e. The fourth-order valence-electron chi connectivity index (χ4n) is 2.77. The van der Waals surface area contributed by atoms with Crippen LogP contribution in [-0.2, 0) is 10.0 Å². The van der Waals surface area contributed by atoms with Gasteiger partial charge in [0.1, 0.15) is 0 Å². The van der Waals surface area contributed by atoms with Gasteiger partial charge in [-0.3, -0.25) is 10.1 Å². The van der Waals surface area contributed by atoms with Crippen molar-refractivity contribution in [1.82, 2.24) is 4.98 Å². The van der Waals surface area contributed by atoms with E-state index >= 15 is 0 Å². The topological polar surface area (TPSA) is 123 Å². The number of hydrogen-bond donors (Lipinski definition) is 1. The van der Waals surface area contributed by atoms with E-state index in [-0.39, 0.29) is 10.6 Å². The number of aromatic nitrogens is 1. The lowest BCUT2D eigenvalue weighted by atomic mass is 10.2. The van der Waals surface area contributed by atoms with Gasteiger partial charge >= 0.3 is 0 Å². The minimum absolute atomic E-state index is 0.254. The monoisotopic (exact) mass is 397 g/mol. The highest BCUT2D eigenvalue weighted by molar-refractivity contribution is 7.89. The van der Waals surface area contributed by atoms with Gasteiger partial charge in [-0.1, -0.05) is 0 Å². The van der Waals surface area contributed by atoms with E-state index in [4.69, 9.17) is 5.14 Å². The maximum Gasteiger partial charge on any atom is 0.272 e. The molecule has 1 aromatic carbocycles. The first-order valence-corrected chi connectivity index (χ1v) is 10.3. The van der Waals surface area contributed by atoms with Crippen LogP contribution in [-0.4, -0.2) is 44.5 Å². The van der Waals surface area contributed by atoms with Crippen molar-refractivity contribution in [3.8, 4) is 0 Å². The molecule has 0 amide bonds. The average molecular weight is 397 g/mol. The molecular weight excluding hydrogens is 378 g/mol. The number of thiazole rings is 1. The van der Waals surface area contributed by atoms with E-state index in [1.54, 1.807) is 11.3 Å². The Morgan fingerprint density at radius 1 is 1.15 bits per heavy atom. The number of nitrogens with zero attached hydrogens (tertiary/aromatic N) is 4. The lowest BCUT2D eigenvalue weighted by molar-refractivity contribution is -0.385. The van der Waals surface area contributed by atoms with Gasteiger partial charge in [0.2, 0.25) is 10.0 Å². The summed E-state index contributed by atoms with van der Waals surface area (Å²) >= 11 is 1.64. The molecule has 0 aliphatic carbocycles. The first kappa shape index (κ1) is 18.5. The van der Waals surface area contributed by atoms with Gasteiger partial charge in [-0.2, -0.15) is 0 Å². The molecule has 2 heterocycles. The molecule has 1 aliphatic rings. The number of primary sulfonamides is 1. The van der Waals surface area contributed by atoms with E-state index in [1.165, 1.54) is 17.0 Å². The zero-order valence-corrected chi connectivity index (χ0v) is 16.0. The number of non-ortho nitro benzene ring substituents is 1. The van der Waals surface area contributed by atoms with Gasteiger partial charge in [0.25, 0.3) is 5.69 Å². The molecule has 2 aromatic rings. The zero-order valence-electron chi connectivity index (χ0n) is 14.4. The number of benzene rings is 1. The van der Waals surface area contributed by atoms with Crippen LogP contribution in [0.1, 0.15) is 10.6 Å². The normalized spacial score (nSPS) is 15.3. The van der Waals surface area contributed by atoms with Crippen LogP contribution in [0.25, 0.3) is 0 Å². The van der Waals surface area contributed by atoms with Gasteiger partial charge in [0, 0.05) is 48.9 Å². The number of aryl methyl sites for hydroxylation is 2. The van der Waals surface area contributed by atoms with Crippen LogP contribution >= 0.6 is 11.3 Å². The van der Waals surface area contributed by atoms with Gasteiger partial charge in [0.05, 0.1) is 15.5 Å². The minimum atomic E-state index is -4.03. The molecule has 1 fully saturated rings. The van der Waals surface area contributed by atoms with Crippen molar-refractivity contribution in [3.63, 3.8) is 0 Å². The number of rotatable bonds is 4. The summed E-state index contributed by atoms with van der Waals surface area (Å²) in [4.78, 5) is 20.1. The van der Waals surface area contributed by atoms with Crippen LogP contribution in [0, 0.1) is 24.0 Å². The molecule has 1 saturated heterocycles. The molecule has 0 bridgehead atoms. The molecule has 11 heteroatoms. The van der Waals surface area contributed by atoms with Crippen molar-refractivity contribution in [2.75, 3.05) is 36.0 Å². The van der Waals surface area contributed by atoms with Crippen molar-refractivity contribution in [1.29, 1.82) is 0 Å². The predicted octanol–water partition coefficient (Wildman–Crippen LogP) is 1.64. The van der Waals surface area contributed by atoms with Crippen LogP contribution in [0.2, 0.25) is 0 Å². The van der Waals surface area contributed by atoms with E-state index in [0.29, 0.717) is 31.9 Å². The number of sulfonamides is 1. The first-order valence-electron chi connectivity index (χ1n) is 7.91. The third-order valence-corrected chi connectivity index (χ3v) is 6.37. The second-order valence-electron chi connectivity index (χ2n) is 6.10.